The highest BCUT2D eigenvalue weighted by Crippen LogP contribution is 2.43. The number of fused-ring (bicyclic) bond motifs is 3. The molecule has 1 aliphatic rings. The Kier molecular flexibility index (Phi) is 2.08. The standard InChI is InChI=1S/C15H10O2/c16-15(17)9-14-12-7-3-1-5-10(12)11-6-2-4-8-13(11)14/h1-9H,(H,16,17)/p-1. The third kappa shape index (κ3) is 1.46. The van der Waals surface area contributed by atoms with Crippen LogP contribution < -0.4 is 5.11 Å². The summed E-state index contributed by atoms with van der Waals surface area (Å²) in [6, 6.07) is 15.6. The second kappa shape index (κ2) is 3.59. The maximum absolute atomic E-state index is 10.8. The summed E-state index contributed by atoms with van der Waals surface area (Å²) in [5.74, 6) is -1.16. The van der Waals surface area contributed by atoms with Crippen LogP contribution in [-0.4, -0.2) is 5.97 Å². The van der Waals surface area contributed by atoms with Crippen molar-refractivity contribution in [2.45, 2.75) is 0 Å². The highest BCUT2D eigenvalue weighted by molar-refractivity contribution is 6.06. The molecule has 0 fully saturated rings. The first-order chi connectivity index (χ1) is 8.27. The lowest BCUT2D eigenvalue weighted by atomic mass is 10.0. The number of hydrogen-bond donors (Lipinski definition) is 0. The van der Waals surface area contributed by atoms with E-state index in [1.54, 1.807) is 0 Å². The number of rotatable bonds is 1. The van der Waals surface area contributed by atoms with Crippen LogP contribution in [0.3, 0.4) is 0 Å². The topological polar surface area (TPSA) is 40.1 Å². The van der Waals surface area contributed by atoms with E-state index in [4.69, 9.17) is 0 Å². The number of carbonyl (C=O) groups is 1. The molecule has 0 atom stereocenters. The number of aliphatic carboxylic acids is 1. The molecule has 2 aromatic carbocycles. The van der Waals surface area contributed by atoms with Gasteiger partial charge in [0.1, 0.15) is 0 Å². The Hall–Kier alpha value is -2.35. The zero-order valence-corrected chi connectivity index (χ0v) is 9.01. The molecular formula is C15H9O2-. The summed E-state index contributed by atoms with van der Waals surface area (Å²) in [6.45, 7) is 0. The van der Waals surface area contributed by atoms with E-state index in [1.165, 1.54) is 6.08 Å². The lowest BCUT2D eigenvalue weighted by Gasteiger charge is -2.02. The molecule has 0 aromatic heterocycles. The van der Waals surface area contributed by atoms with E-state index < -0.39 is 5.97 Å². The maximum atomic E-state index is 10.8. The monoisotopic (exact) mass is 221 g/mol. The first-order valence-electron chi connectivity index (χ1n) is 5.39. The maximum Gasteiger partial charge on any atom is 0.0649 e. The van der Waals surface area contributed by atoms with Gasteiger partial charge in [-0.15, -0.1) is 0 Å². The second-order valence-corrected chi connectivity index (χ2v) is 3.97. The largest absolute Gasteiger partial charge is 0.545 e. The normalized spacial score (nSPS) is 11.9. The van der Waals surface area contributed by atoms with Gasteiger partial charge in [-0.1, -0.05) is 48.5 Å². The van der Waals surface area contributed by atoms with Crippen molar-refractivity contribution in [1.82, 2.24) is 0 Å². The Morgan fingerprint density at radius 3 is 1.65 bits per heavy atom. The fourth-order valence-corrected chi connectivity index (χ4v) is 2.32. The predicted molar refractivity (Wildman–Crippen MR) is 64.0 cm³/mol. The van der Waals surface area contributed by atoms with Gasteiger partial charge in [-0.25, -0.2) is 0 Å². The number of carboxylic acid groups (broad SMARTS) is 1. The van der Waals surface area contributed by atoms with Crippen LogP contribution in [0.4, 0.5) is 0 Å². The van der Waals surface area contributed by atoms with Crippen molar-refractivity contribution in [1.29, 1.82) is 0 Å². The summed E-state index contributed by atoms with van der Waals surface area (Å²) in [5.41, 5.74) is 4.80. The van der Waals surface area contributed by atoms with Gasteiger partial charge in [-0.3, -0.25) is 0 Å². The van der Waals surface area contributed by atoms with Gasteiger partial charge in [-0.05, 0) is 33.9 Å². The zero-order chi connectivity index (χ0) is 11.8. The SMILES string of the molecule is O=C([O-])C=C1c2ccccc2-c2ccccc21. The molecule has 2 heteroatoms. The fraction of sp³-hybridized carbons (Fsp3) is 0. The van der Waals surface area contributed by atoms with E-state index in [0.29, 0.717) is 0 Å². The van der Waals surface area contributed by atoms with Crippen molar-refractivity contribution in [3.63, 3.8) is 0 Å². The number of benzene rings is 2. The molecule has 0 spiro atoms. The summed E-state index contributed by atoms with van der Waals surface area (Å²) >= 11 is 0. The molecule has 0 radical (unpaired) electrons. The van der Waals surface area contributed by atoms with Gasteiger partial charge >= 0.3 is 0 Å². The highest BCUT2D eigenvalue weighted by atomic mass is 16.4. The van der Waals surface area contributed by atoms with Crippen LogP contribution in [0.1, 0.15) is 11.1 Å². The minimum Gasteiger partial charge on any atom is -0.545 e. The van der Waals surface area contributed by atoms with Gasteiger partial charge in [0.2, 0.25) is 0 Å². The molecule has 1 aliphatic carbocycles. The van der Waals surface area contributed by atoms with E-state index in [0.717, 1.165) is 27.8 Å². The molecule has 0 saturated carbocycles. The van der Waals surface area contributed by atoms with E-state index in [9.17, 15) is 9.90 Å². The van der Waals surface area contributed by atoms with Crippen LogP contribution in [0, 0.1) is 0 Å². The van der Waals surface area contributed by atoms with Crippen molar-refractivity contribution < 1.29 is 9.90 Å². The quantitative estimate of drug-likeness (QED) is 0.588. The van der Waals surface area contributed by atoms with Gasteiger partial charge in [0.05, 0.1) is 5.97 Å². The van der Waals surface area contributed by atoms with Crippen molar-refractivity contribution in [2.24, 2.45) is 0 Å². The number of carbonyl (C=O) groups excluding carboxylic acids is 1. The average Bonchev–Trinajstić information content (AvgIpc) is 2.65. The third-order valence-electron chi connectivity index (χ3n) is 2.99. The van der Waals surface area contributed by atoms with Gasteiger partial charge in [-0.2, -0.15) is 0 Å². The Morgan fingerprint density at radius 1 is 0.824 bits per heavy atom. The minimum atomic E-state index is -1.16. The van der Waals surface area contributed by atoms with Gasteiger partial charge in [0.25, 0.3) is 0 Å². The smallest absolute Gasteiger partial charge is 0.0649 e. The molecule has 0 unspecified atom stereocenters. The summed E-state index contributed by atoms with van der Waals surface area (Å²) in [6.07, 6.45) is 1.17. The van der Waals surface area contributed by atoms with E-state index in [1.807, 2.05) is 48.5 Å². The summed E-state index contributed by atoms with van der Waals surface area (Å²) in [7, 11) is 0. The molecule has 82 valence electrons. The first kappa shape index (κ1) is 9.85. The van der Waals surface area contributed by atoms with Crippen LogP contribution in [0.2, 0.25) is 0 Å². The molecule has 0 heterocycles. The average molecular weight is 221 g/mol. The molecule has 17 heavy (non-hydrogen) atoms. The van der Waals surface area contributed by atoms with Crippen molar-refractivity contribution >= 4 is 11.5 Å². The molecule has 3 rings (SSSR count). The molecule has 0 aliphatic heterocycles. The van der Waals surface area contributed by atoms with Crippen molar-refractivity contribution in [2.75, 3.05) is 0 Å². The zero-order valence-electron chi connectivity index (χ0n) is 9.01. The molecule has 2 nitrogen and oxygen atoms in total. The molecule has 0 bridgehead atoms. The number of carboxylic acids is 1. The van der Waals surface area contributed by atoms with Crippen molar-refractivity contribution in [3.05, 3.63) is 65.7 Å². The van der Waals surface area contributed by atoms with Crippen LogP contribution in [0.25, 0.3) is 16.7 Å². The third-order valence-corrected chi connectivity index (χ3v) is 2.99. The van der Waals surface area contributed by atoms with E-state index in [-0.39, 0.29) is 0 Å². The van der Waals surface area contributed by atoms with Crippen LogP contribution in [-0.2, 0) is 4.79 Å². The van der Waals surface area contributed by atoms with Crippen LogP contribution in [0.15, 0.2) is 54.6 Å². The summed E-state index contributed by atoms with van der Waals surface area (Å²) in [5, 5.41) is 10.8. The highest BCUT2D eigenvalue weighted by Gasteiger charge is 2.21. The Balaban J connectivity index is 2.35. The second-order valence-electron chi connectivity index (χ2n) is 3.97. The van der Waals surface area contributed by atoms with Gasteiger partial charge < -0.3 is 9.90 Å². The fourth-order valence-electron chi connectivity index (χ4n) is 2.32. The molecule has 0 saturated heterocycles. The lowest BCUT2D eigenvalue weighted by Crippen LogP contribution is -2.19. The number of hydrogen-bond acceptors (Lipinski definition) is 2. The molecule has 2 aromatic rings. The molecular weight excluding hydrogens is 212 g/mol. The first-order valence-corrected chi connectivity index (χ1v) is 5.39. The summed E-state index contributed by atoms with van der Waals surface area (Å²) < 4.78 is 0. The predicted octanol–water partition coefficient (Wildman–Crippen LogP) is 1.85. The Labute approximate surface area is 98.8 Å². The Bertz CT molecular complexity index is 591. The van der Waals surface area contributed by atoms with Crippen molar-refractivity contribution in [3.8, 4) is 11.1 Å². The van der Waals surface area contributed by atoms with E-state index in [2.05, 4.69) is 0 Å². The van der Waals surface area contributed by atoms with Crippen LogP contribution >= 0.6 is 0 Å². The van der Waals surface area contributed by atoms with Gasteiger partial charge in [0.15, 0.2) is 0 Å². The van der Waals surface area contributed by atoms with Gasteiger partial charge in [0, 0.05) is 0 Å². The lowest BCUT2D eigenvalue weighted by molar-refractivity contribution is -0.297. The molecule has 0 amide bonds. The van der Waals surface area contributed by atoms with E-state index >= 15 is 0 Å². The molecule has 0 N–H and O–H groups in total. The summed E-state index contributed by atoms with van der Waals surface area (Å²) in [4.78, 5) is 10.8. The Morgan fingerprint density at radius 2 is 1.24 bits per heavy atom. The minimum absolute atomic E-state index is 0.733. The van der Waals surface area contributed by atoms with Crippen LogP contribution in [0.5, 0.6) is 0 Å².